The van der Waals surface area contributed by atoms with Gasteiger partial charge in [-0.25, -0.2) is 4.98 Å². The molecule has 4 rings (SSSR count). The van der Waals surface area contributed by atoms with Crippen LogP contribution < -0.4 is 5.32 Å². The second kappa shape index (κ2) is 8.86. The number of anilines is 1. The fourth-order valence-electron chi connectivity index (χ4n) is 3.17. The Morgan fingerprint density at radius 2 is 1.80 bits per heavy atom. The van der Waals surface area contributed by atoms with Gasteiger partial charge in [0, 0.05) is 28.1 Å². The fourth-order valence-corrected chi connectivity index (χ4v) is 4.14. The molecule has 2 aromatic carbocycles. The largest absolute Gasteiger partial charge is 0.461 e. The van der Waals surface area contributed by atoms with E-state index in [1.54, 1.807) is 25.1 Å². The molecule has 4 nitrogen and oxygen atoms in total. The van der Waals surface area contributed by atoms with E-state index < -0.39 is 0 Å². The van der Waals surface area contributed by atoms with E-state index in [9.17, 15) is 4.79 Å². The van der Waals surface area contributed by atoms with Crippen molar-refractivity contribution in [2.24, 2.45) is 0 Å². The summed E-state index contributed by atoms with van der Waals surface area (Å²) in [6.45, 7) is 3.93. The van der Waals surface area contributed by atoms with E-state index in [1.807, 2.05) is 18.3 Å². The number of halogens is 1. The van der Waals surface area contributed by atoms with Crippen LogP contribution >= 0.6 is 22.9 Å². The van der Waals surface area contributed by atoms with Gasteiger partial charge in [-0.15, -0.1) is 11.3 Å². The third-order valence-corrected chi connectivity index (χ3v) is 6.04. The summed E-state index contributed by atoms with van der Waals surface area (Å²) in [6.07, 6.45) is 3.64. The Hall–Kier alpha value is -2.89. The zero-order chi connectivity index (χ0) is 21.1. The Morgan fingerprint density at radius 1 is 1.10 bits per heavy atom. The summed E-state index contributed by atoms with van der Waals surface area (Å²) >= 11 is 7.43. The fraction of sp³-hybridized carbons (Fsp3) is 0.167. The first-order valence-corrected chi connectivity index (χ1v) is 10.9. The van der Waals surface area contributed by atoms with Gasteiger partial charge in [0.2, 0.25) is 0 Å². The standard InChI is InChI=1S/C24H21ClN2O2S/c1-3-16-4-6-17(7-5-16)12-20-14-26-24(30-20)27-23(28)21-13-22(29-15(21)2)18-8-10-19(25)11-9-18/h4-11,13-14H,3,12H2,1-2H3,(H,26,27,28). The lowest BCUT2D eigenvalue weighted by atomic mass is 10.1. The molecule has 1 N–H and O–H groups in total. The number of carbonyl (C=O) groups excluding carboxylic acids is 1. The van der Waals surface area contributed by atoms with Gasteiger partial charge >= 0.3 is 0 Å². The zero-order valence-corrected chi connectivity index (χ0v) is 18.3. The van der Waals surface area contributed by atoms with E-state index in [0.29, 0.717) is 27.2 Å². The zero-order valence-electron chi connectivity index (χ0n) is 16.7. The van der Waals surface area contributed by atoms with E-state index in [-0.39, 0.29) is 5.91 Å². The lowest BCUT2D eigenvalue weighted by Gasteiger charge is -2.01. The Morgan fingerprint density at radius 3 is 2.50 bits per heavy atom. The first kappa shape index (κ1) is 20.4. The molecule has 2 aromatic heterocycles. The van der Waals surface area contributed by atoms with Crippen LogP contribution in [0.2, 0.25) is 5.02 Å². The highest BCUT2D eigenvalue weighted by molar-refractivity contribution is 7.15. The molecule has 0 bridgehead atoms. The molecule has 0 saturated heterocycles. The molecule has 0 radical (unpaired) electrons. The second-order valence-corrected chi connectivity index (χ2v) is 8.57. The van der Waals surface area contributed by atoms with Crippen LogP contribution in [0.15, 0.2) is 65.2 Å². The van der Waals surface area contributed by atoms with Crippen molar-refractivity contribution in [2.45, 2.75) is 26.7 Å². The van der Waals surface area contributed by atoms with Crippen LogP contribution in [0, 0.1) is 6.92 Å². The van der Waals surface area contributed by atoms with E-state index in [2.05, 4.69) is 41.5 Å². The highest BCUT2D eigenvalue weighted by atomic mass is 35.5. The minimum atomic E-state index is -0.232. The second-order valence-electron chi connectivity index (χ2n) is 7.02. The maximum absolute atomic E-state index is 12.7. The molecule has 0 spiro atoms. The predicted molar refractivity (Wildman–Crippen MR) is 123 cm³/mol. The molecule has 0 aliphatic rings. The minimum absolute atomic E-state index is 0.232. The summed E-state index contributed by atoms with van der Waals surface area (Å²) < 4.78 is 5.78. The molecule has 0 fully saturated rings. The number of nitrogens with zero attached hydrogens (tertiary/aromatic N) is 1. The number of hydrogen-bond acceptors (Lipinski definition) is 4. The van der Waals surface area contributed by atoms with Crippen LogP contribution in [-0.2, 0) is 12.8 Å². The summed E-state index contributed by atoms with van der Waals surface area (Å²) in [5, 5.41) is 4.12. The molecule has 0 unspecified atom stereocenters. The van der Waals surface area contributed by atoms with Crippen LogP contribution in [0.5, 0.6) is 0 Å². The van der Waals surface area contributed by atoms with Crippen molar-refractivity contribution in [3.05, 3.63) is 93.1 Å². The van der Waals surface area contributed by atoms with Crippen LogP contribution in [0.4, 0.5) is 5.13 Å². The molecule has 4 aromatic rings. The van der Waals surface area contributed by atoms with Crippen molar-refractivity contribution in [1.29, 1.82) is 0 Å². The molecule has 0 atom stereocenters. The number of thiazole rings is 1. The van der Waals surface area contributed by atoms with E-state index in [4.69, 9.17) is 16.0 Å². The monoisotopic (exact) mass is 436 g/mol. The number of aromatic nitrogens is 1. The quantitative estimate of drug-likeness (QED) is 0.362. The smallest absolute Gasteiger partial charge is 0.261 e. The van der Waals surface area contributed by atoms with Gasteiger partial charge in [-0.2, -0.15) is 0 Å². The van der Waals surface area contributed by atoms with Gasteiger partial charge in [-0.05, 0) is 54.8 Å². The van der Waals surface area contributed by atoms with Gasteiger partial charge in [0.25, 0.3) is 5.91 Å². The average Bonchev–Trinajstić information content (AvgIpc) is 3.35. The first-order valence-electron chi connectivity index (χ1n) is 9.72. The van der Waals surface area contributed by atoms with Gasteiger partial charge in [-0.3, -0.25) is 10.1 Å². The van der Waals surface area contributed by atoms with Crippen LogP contribution in [0.1, 0.15) is 39.0 Å². The SMILES string of the molecule is CCc1ccc(Cc2cnc(NC(=O)c3cc(-c4ccc(Cl)cc4)oc3C)s2)cc1. The minimum Gasteiger partial charge on any atom is -0.461 e. The number of hydrogen-bond donors (Lipinski definition) is 1. The van der Waals surface area contributed by atoms with Crippen molar-refractivity contribution in [3.8, 4) is 11.3 Å². The number of furan rings is 1. The van der Waals surface area contributed by atoms with Crippen LogP contribution in [0.3, 0.4) is 0 Å². The molecule has 152 valence electrons. The number of benzene rings is 2. The summed E-state index contributed by atoms with van der Waals surface area (Å²) in [6, 6.07) is 17.7. The van der Waals surface area contributed by atoms with Gasteiger partial charge in [-0.1, -0.05) is 42.8 Å². The molecule has 30 heavy (non-hydrogen) atoms. The van der Waals surface area contributed by atoms with E-state index in [1.165, 1.54) is 22.5 Å². The number of rotatable bonds is 6. The predicted octanol–water partition coefficient (Wildman–Crippen LogP) is 6.77. The van der Waals surface area contributed by atoms with Gasteiger partial charge in [0.15, 0.2) is 5.13 Å². The number of nitrogens with one attached hydrogen (secondary N) is 1. The number of aryl methyl sites for hydroxylation is 2. The van der Waals surface area contributed by atoms with Crippen LogP contribution in [-0.4, -0.2) is 10.9 Å². The van der Waals surface area contributed by atoms with Gasteiger partial charge < -0.3 is 4.42 Å². The average molecular weight is 437 g/mol. The lowest BCUT2D eigenvalue weighted by Crippen LogP contribution is -2.11. The van der Waals surface area contributed by atoms with Crippen molar-refractivity contribution in [1.82, 2.24) is 4.98 Å². The molecular formula is C24H21ClN2O2S. The Kier molecular flexibility index (Phi) is 6.02. The van der Waals surface area contributed by atoms with E-state index >= 15 is 0 Å². The van der Waals surface area contributed by atoms with Crippen molar-refractivity contribution in [2.75, 3.05) is 5.32 Å². The molecular weight excluding hydrogens is 416 g/mol. The number of amides is 1. The maximum Gasteiger partial charge on any atom is 0.261 e. The molecule has 1 amide bonds. The molecule has 0 aliphatic heterocycles. The summed E-state index contributed by atoms with van der Waals surface area (Å²) in [5.41, 5.74) is 3.91. The van der Waals surface area contributed by atoms with Gasteiger partial charge in [0.05, 0.1) is 5.56 Å². The highest BCUT2D eigenvalue weighted by Gasteiger charge is 2.17. The molecule has 6 heteroatoms. The Bertz CT molecular complexity index is 1160. The topological polar surface area (TPSA) is 55.1 Å². The molecule has 0 aliphatic carbocycles. The normalized spacial score (nSPS) is 10.9. The van der Waals surface area contributed by atoms with Crippen molar-refractivity contribution >= 4 is 34.0 Å². The lowest BCUT2D eigenvalue weighted by molar-refractivity contribution is 0.102. The summed E-state index contributed by atoms with van der Waals surface area (Å²) in [7, 11) is 0. The Balaban J connectivity index is 1.44. The first-order chi connectivity index (χ1) is 14.5. The summed E-state index contributed by atoms with van der Waals surface area (Å²) in [4.78, 5) is 18.2. The highest BCUT2D eigenvalue weighted by Crippen LogP contribution is 2.28. The molecule has 2 heterocycles. The van der Waals surface area contributed by atoms with E-state index in [0.717, 1.165) is 23.3 Å². The van der Waals surface area contributed by atoms with Gasteiger partial charge in [0.1, 0.15) is 11.5 Å². The summed E-state index contributed by atoms with van der Waals surface area (Å²) in [5.74, 6) is 0.958. The number of carbonyl (C=O) groups is 1. The third-order valence-electron chi connectivity index (χ3n) is 4.87. The third kappa shape index (κ3) is 4.64. The Labute approximate surface area is 184 Å². The maximum atomic E-state index is 12.7. The molecule has 0 saturated carbocycles. The van der Waals surface area contributed by atoms with Crippen molar-refractivity contribution in [3.63, 3.8) is 0 Å². The van der Waals surface area contributed by atoms with Crippen LogP contribution in [0.25, 0.3) is 11.3 Å². The van der Waals surface area contributed by atoms with Crippen molar-refractivity contribution < 1.29 is 9.21 Å².